The van der Waals surface area contributed by atoms with E-state index in [0.717, 1.165) is 5.57 Å². The molecule has 0 saturated heterocycles. The second-order valence-electron chi connectivity index (χ2n) is 4.49. The Morgan fingerprint density at radius 1 is 1.57 bits per heavy atom. The first-order valence-electron chi connectivity index (χ1n) is 4.75. The first-order chi connectivity index (χ1) is 6.35. The molecule has 0 aliphatic heterocycles. The number of ketones is 2. The molecule has 1 rings (SSSR count). The fourth-order valence-corrected chi connectivity index (χ4v) is 1.85. The van der Waals surface area contributed by atoms with E-state index in [0.29, 0.717) is 18.4 Å². The van der Waals surface area contributed by atoms with Gasteiger partial charge in [0.1, 0.15) is 0 Å². The number of hydrogen-bond donors (Lipinski definition) is 0. The standard InChI is InChI=1S/C12H16O2/c1-8(2)6-12(4)7-10(13)9(3)5-11(12)14/h5H,1,6-7H2,2-4H3. The number of rotatable bonds is 2. The van der Waals surface area contributed by atoms with E-state index in [2.05, 4.69) is 6.58 Å². The molecule has 0 N–H and O–H groups in total. The Kier molecular flexibility index (Phi) is 2.74. The number of carbonyl (C=O) groups excluding carboxylic acids is 2. The van der Waals surface area contributed by atoms with Crippen LogP contribution in [0.5, 0.6) is 0 Å². The van der Waals surface area contributed by atoms with Gasteiger partial charge in [0.05, 0.1) is 0 Å². The van der Waals surface area contributed by atoms with Gasteiger partial charge in [-0.2, -0.15) is 0 Å². The fraction of sp³-hybridized carbons (Fsp3) is 0.500. The van der Waals surface area contributed by atoms with Crippen molar-refractivity contribution in [3.63, 3.8) is 0 Å². The summed E-state index contributed by atoms with van der Waals surface area (Å²) in [6.07, 6.45) is 2.39. The minimum absolute atomic E-state index is 0.0533. The number of allylic oxidation sites excluding steroid dienone is 3. The Morgan fingerprint density at radius 3 is 2.64 bits per heavy atom. The molecular formula is C12H16O2. The van der Waals surface area contributed by atoms with Gasteiger partial charge in [0, 0.05) is 11.8 Å². The molecule has 76 valence electrons. The lowest BCUT2D eigenvalue weighted by atomic mass is 9.71. The molecule has 0 aromatic carbocycles. The normalized spacial score (nSPS) is 27.5. The third-order valence-electron chi connectivity index (χ3n) is 2.62. The summed E-state index contributed by atoms with van der Waals surface area (Å²) in [5.74, 6) is 0.131. The maximum Gasteiger partial charge on any atom is 0.162 e. The predicted octanol–water partition coefficient (Wildman–Crippen LogP) is 2.45. The zero-order valence-corrected chi connectivity index (χ0v) is 9.02. The molecule has 14 heavy (non-hydrogen) atoms. The highest BCUT2D eigenvalue weighted by molar-refractivity contribution is 6.10. The van der Waals surface area contributed by atoms with Crippen molar-refractivity contribution in [2.75, 3.05) is 0 Å². The molecule has 0 fully saturated rings. The van der Waals surface area contributed by atoms with Gasteiger partial charge in [0.15, 0.2) is 11.6 Å². The smallest absolute Gasteiger partial charge is 0.162 e. The van der Waals surface area contributed by atoms with E-state index in [-0.39, 0.29) is 11.6 Å². The lowest BCUT2D eigenvalue weighted by molar-refractivity contribution is -0.130. The highest BCUT2D eigenvalue weighted by Gasteiger charge is 2.37. The van der Waals surface area contributed by atoms with Gasteiger partial charge >= 0.3 is 0 Å². The topological polar surface area (TPSA) is 34.1 Å². The van der Waals surface area contributed by atoms with Crippen LogP contribution in [0, 0.1) is 5.41 Å². The summed E-state index contributed by atoms with van der Waals surface area (Å²) < 4.78 is 0. The van der Waals surface area contributed by atoms with Gasteiger partial charge < -0.3 is 0 Å². The third kappa shape index (κ3) is 2.00. The summed E-state index contributed by atoms with van der Waals surface area (Å²) in [5.41, 5.74) is 0.971. The Morgan fingerprint density at radius 2 is 2.14 bits per heavy atom. The molecule has 0 spiro atoms. The van der Waals surface area contributed by atoms with Crippen molar-refractivity contribution < 1.29 is 9.59 Å². The Labute approximate surface area is 84.7 Å². The average molecular weight is 192 g/mol. The molecule has 0 aromatic rings. The quantitative estimate of drug-likeness (QED) is 0.630. The van der Waals surface area contributed by atoms with Gasteiger partial charge in [0.25, 0.3) is 0 Å². The second kappa shape index (κ2) is 3.52. The van der Waals surface area contributed by atoms with E-state index in [1.165, 1.54) is 6.08 Å². The summed E-state index contributed by atoms with van der Waals surface area (Å²) in [5, 5.41) is 0. The molecule has 0 saturated carbocycles. The Bertz CT molecular complexity index is 336. The van der Waals surface area contributed by atoms with Gasteiger partial charge in [0.2, 0.25) is 0 Å². The summed E-state index contributed by atoms with van der Waals surface area (Å²) in [6, 6.07) is 0. The van der Waals surface area contributed by atoms with Crippen LogP contribution in [0.25, 0.3) is 0 Å². The van der Waals surface area contributed by atoms with Crippen molar-refractivity contribution in [2.24, 2.45) is 5.41 Å². The van der Waals surface area contributed by atoms with E-state index in [4.69, 9.17) is 0 Å². The summed E-state index contributed by atoms with van der Waals surface area (Å²) in [6.45, 7) is 9.21. The van der Waals surface area contributed by atoms with Crippen molar-refractivity contribution in [1.29, 1.82) is 0 Å². The van der Waals surface area contributed by atoms with Crippen LogP contribution in [0.15, 0.2) is 23.8 Å². The summed E-state index contributed by atoms with van der Waals surface area (Å²) in [4.78, 5) is 23.2. The maximum atomic E-state index is 11.7. The van der Waals surface area contributed by atoms with Crippen molar-refractivity contribution in [1.82, 2.24) is 0 Å². The van der Waals surface area contributed by atoms with Gasteiger partial charge in [-0.05, 0) is 31.9 Å². The number of Topliss-reactive ketones (excluding diaryl/α,β-unsaturated/α-hetero) is 1. The van der Waals surface area contributed by atoms with Crippen LogP contribution < -0.4 is 0 Å². The van der Waals surface area contributed by atoms with E-state index < -0.39 is 5.41 Å². The number of carbonyl (C=O) groups is 2. The van der Waals surface area contributed by atoms with Gasteiger partial charge in [-0.15, -0.1) is 6.58 Å². The second-order valence-corrected chi connectivity index (χ2v) is 4.49. The molecule has 0 amide bonds. The zero-order valence-electron chi connectivity index (χ0n) is 9.02. The first-order valence-corrected chi connectivity index (χ1v) is 4.75. The minimum atomic E-state index is -0.553. The lowest BCUT2D eigenvalue weighted by Gasteiger charge is -2.29. The van der Waals surface area contributed by atoms with Crippen LogP contribution in [0.2, 0.25) is 0 Å². The predicted molar refractivity (Wildman–Crippen MR) is 55.9 cm³/mol. The van der Waals surface area contributed by atoms with Crippen molar-refractivity contribution in [2.45, 2.75) is 33.6 Å². The maximum absolute atomic E-state index is 11.7. The van der Waals surface area contributed by atoms with E-state index in [1.54, 1.807) is 6.92 Å². The van der Waals surface area contributed by atoms with Crippen LogP contribution in [0.1, 0.15) is 33.6 Å². The number of hydrogen-bond acceptors (Lipinski definition) is 2. The average Bonchev–Trinajstić information content (AvgIpc) is 1.99. The van der Waals surface area contributed by atoms with Gasteiger partial charge in [-0.1, -0.05) is 12.5 Å². The molecule has 0 aromatic heterocycles. The highest BCUT2D eigenvalue weighted by Crippen LogP contribution is 2.35. The lowest BCUT2D eigenvalue weighted by Crippen LogP contribution is -2.34. The molecule has 1 aliphatic carbocycles. The largest absolute Gasteiger partial charge is 0.295 e. The SMILES string of the molecule is C=C(C)CC1(C)CC(=O)C(C)=CC1=O. The Hall–Kier alpha value is -1.18. The Balaban J connectivity index is 2.98. The molecule has 0 radical (unpaired) electrons. The van der Waals surface area contributed by atoms with Crippen LogP contribution in [0.4, 0.5) is 0 Å². The van der Waals surface area contributed by atoms with Crippen LogP contribution in [0.3, 0.4) is 0 Å². The van der Waals surface area contributed by atoms with E-state index >= 15 is 0 Å². The third-order valence-corrected chi connectivity index (χ3v) is 2.62. The molecule has 1 unspecified atom stereocenters. The monoisotopic (exact) mass is 192 g/mol. The molecular weight excluding hydrogens is 176 g/mol. The fourth-order valence-electron chi connectivity index (χ4n) is 1.85. The molecule has 0 heterocycles. The zero-order chi connectivity index (χ0) is 10.9. The first kappa shape index (κ1) is 10.9. The van der Waals surface area contributed by atoms with Crippen LogP contribution >= 0.6 is 0 Å². The van der Waals surface area contributed by atoms with Gasteiger partial charge in [-0.25, -0.2) is 0 Å². The summed E-state index contributed by atoms with van der Waals surface area (Å²) in [7, 11) is 0. The van der Waals surface area contributed by atoms with Crippen molar-refractivity contribution in [3.05, 3.63) is 23.8 Å². The molecule has 2 heteroatoms. The van der Waals surface area contributed by atoms with Crippen molar-refractivity contribution in [3.8, 4) is 0 Å². The molecule has 0 bridgehead atoms. The minimum Gasteiger partial charge on any atom is -0.295 e. The highest BCUT2D eigenvalue weighted by atomic mass is 16.1. The molecule has 1 atom stereocenters. The van der Waals surface area contributed by atoms with Crippen molar-refractivity contribution >= 4 is 11.6 Å². The van der Waals surface area contributed by atoms with Crippen LogP contribution in [-0.4, -0.2) is 11.6 Å². The molecule has 2 nitrogen and oxygen atoms in total. The van der Waals surface area contributed by atoms with E-state index in [1.807, 2.05) is 13.8 Å². The summed E-state index contributed by atoms with van der Waals surface area (Å²) >= 11 is 0. The van der Waals surface area contributed by atoms with E-state index in [9.17, 15) is 9.59 Å². The van der Waals surface area contributed by atoms with Gasteiger partial charge in [-0.3, -0.25) is 9.59 Å². The molecule has 1 aliphatic rings. The van der Waals surface area contributed by atoms with Crippen LogP contribution in [-0.2, 0) is 9.59 Å².